The van der Waals surface area contributed by atoms with Gasteiger partial charge in [-0.05, 0) is 55.3 Å². The van der Waals surface area contributed by atoms with Crippen molar-refractivity contribution in [1.29, 1.82) is 0 Å². The monoisotopic (exact) mass is 345 g/mol. The van der Waals surface area contributed by atoms with E-state index in [1.54, 1.807) is 23.5 Å². The Morgan fingerprint density at radius 1 is 1.21 bits per heavy atom. The fourth-order valence-corrected chi connectivity index (χ4v) is 3.14. The number of aromatic hydroxyl groups is 1. The summed E-state index contributed by atoms with van der Waals surface area (Å²) in [5.74, 6) is 1.29. The molecule has 24 heavy (non-hydrogen) atoms. The number of likely N-dealkylation sites (N-methyl/N-ethyl adjacent to an activating group) is 1. The van der Waals surface area contributed by atoms with Crippen molar-refractivity contribution in [1.82, 2.24) is 10.2 Å². The average molecular weight is 346 g/mol. The molecule has 0 bridgehead atoms. The first-order valence-electron chi connectivity index (χ1n) is 8.48. The molecule has 1 aromatic carbocycles. The Kier molecular flexibility index (Phi) is 7.62. The molecule has 4 nitrogen and oxygen atoms in total. The Morgan fingerprint density at radius 2 is 2.00 bits per heavy atom. The van der Waals surface area contributed by atoms with Gasteiger partial charge >= 0.3 is 0 Å². The van der Waals surface area contributed by atoms with Gasteiger partial charge in [0.25, 0.3) is 0 Å². The normalized spacial score (nSPS) is 11.5. The zero-order valence-electron chi connectivity index (χ0n) is 14.5. The van der Waals surface area contributed by atoms with E-state index in [4.69, 9.17) is 4.99 Å². The Labute approximate surface area is 148 Å². The van der Waals surface area contributed by atoms with Gasteiger partial charge in [-0.3, -0.25) is 4.99 Å². The van der Waals surface area contributed by atoms with Crippen LogP contribution in [0.2, 0.25) is 0 Å². The highest BCUT2D eigenvalue weighted by Gasteiger charge is 2.06. The van der Waals surface area contributed by atoms with Crippen LogP contribution in [-0.2, 0) is 12.8 Å². The van der Waals surface area contributed by atoms with Gasteiger partial charge in [0.05, 0.1) is 0 Å². The van der Waals surface area contributed by atoms with Gasteiger partial charge in [0.15, 0.2) is 5.96 Å². The molecular weight excluding hydrogens is 318 g/mol. The molecular formula is C19H27N3OS. The second-order valence-corrected chi connectivity index (χ2v) is 6.79. The summed E-state index contributed by atoms with van der Waals surface area (Å²) in [6, 6.07) is 11.7. The van der Waals surface area contributed by atoms with Crippen LogP contribution in [0.1, 0.15) is 23.8 Å². The maximum absolute atomic E-state index is 9.31. The van der Waals surface area contributed by atoms with E-state index >= 15 is 0 Å². The molecule has 0 aliphatic heterocycles. The van der Waals surface area contributed by atoms with E-state index in [9.17, 15) is 5.11 Å². The van der Waals surface area contributed by atoms with Crippen molar-refractivity contribution in [3.05, 3.63) is 52.2 Å². The number of aliphatic imine (C=N–C) groups is 1. The summed E-state index contributed by atoms with van der Waals surface area (Å²) < 4.78 is 0. The molecule has 0 atom stereocenters. The lowest BCUT2D eigenvalue weighted by Gasteiger charge is -2.21. The minimum atomic E-state index is 0.318. The summed E-state index contributed by atoms with van der Waals surface area (Å²) in [5, 5.41) is 14.8. The number of guanidine groups is 1. The highest BCUT2D eigenvalue weighted by atomic mass is 32.1. The number of aryl methyl sites for hydroxylation is 1. The van der Waals surface area contributed by atoms with Gasteiger partial charge in [0.2, 0.25) is 0 Å². The number of phenolic OH excluding ortho intramolecular Hbond substituents is 1. The van der Waals surface area contributed by atoms with Gasteiger partial charge in [0.1, 0.15) is 5.75 Å². The first kappa shape index (κ1) is 18.3. The number of nitrogens with zero attached hydrogens (tertiary/aromatic N) is 2. The Hall–Kier alpha value is -2.01. The second kappa shape index (κ2) is 9.98. The molecule has 0 radical (unpaired) electrons. The van der Waals surface area contributed by atoms with Crippen LogP contribution in [0.25, 0.3) is 0 Å². The largest absolute Gasteiger partial charge is 0.508 e. The fourth-order valence-electron chi connectivity index (χ4n) is 2.44. The standard InChI is InChI=1S/C19H27N3OS/c1-3-20-19(22(2)14-12-18-7-5-15-24-18)21-13-4-6-16-8-10-17(23)11-9-16/h5,7-11,15,23H,3-4,6,12-14H2,1-2H3,(H,20,21). The predicted octanol–water partition coefficient (Wildman–Crippen LogP) is 3.53. The number of hydrogen-bond acceptors (Lipinski definition) is 3. The minimum absolute atomic E-state index is 0.318. The molecule has 5 heteroatoms. The number of nitrogens with one attached hydrogen (secondary N) is 1. The molecule has 2 aromatic rings. The molecule has 0 aliphatic carbocycles. The van der Waals surface area contributed by atoms with Crippen LogP contribution in [-0.4, -0.2) is 42.6 Å². The van der Waals surface area contributed by atoms with Gasteiger partial charge < -0.3 is 15.3 Å². The maximum atomic E-state index is 9.31. The quantitative estimate of drug-likeness (QED) is 0.437. The van der Waals surface area contributed by atoms with Crippen LogP contribution in [0.5, 0.6) is 5.75 Å². The Bertz CT molecular complexity index is 608. The molecule has 1 aromatic heterocycles. The summed E-state index contributed by atoms with van der Waals surface area (Å²) in [6.45, 7) is 4.73. The van der Waals surface area contributed by atoms with Crippen molar-refractivity contribution in [3.63, 3.8) is 0 Å². The molecule has 1 heterocycles. The molecule has 2 N–H and O–H groups in total. The second-order valence-electron chi connectivity index (χ2n) is 5.76. The smallest absolute Gasteiger partial charge is 0.193 e. The fraction of sp³-hybridized carbons (Fsp3) is 0.421. The van der Waals surface area contributed by atoms with Crippen LogP contribution in [0.3, 0.4) is 0 Å². The van der Waals surface area contributed by atoms with Gasteiger partial charge in [-0.15, -0.1) is 11.3 Å². The van der Waals surface area contributed by atoms with Crippen LogP contribution in [0.4, 0.5) is 0 Å². The lowest BCUT2D eigenvalue weighted by atomic mass is 10.1. The summed E-state index contributed by atoms with van der Waals surface area (Å²) in [7, 11) is 2.09. The zero-order chi connectivity index (χ0) is 17.2. The third-order valence-electron chi connectivity index (χ3n) is 3.79. The molecule has 0 spiro atoms. The van der Waals surface area contributed by atoms with E-state index in [0.29, 0.717) is 5.75 Å². The van der Waals surface area contributed by atoms with E-state index in [2.05, 4.69) is 41.7 Å². The number of rotatable bonds is 8. The molecule has 2 rings (SSSR count). The highest BCUT2D eigenvalue weighted by Crippen LogP contribution is 2.11. The van der Waals surface area contributed by atoms with Crippen LogP contribution in [0, 0.1) is 0 Å². The zero-order valence-corrected chi connectivity index (χ0v) is 15.4. The van der Waals surface area contributed by atoms with Crippen molar-refractivity contribution in [3.8, 4) is 5.75 Å². The Morgan fingerprint density at radius 3 is 2.67 bits per heavy atom. The van der Waals surface area contributed by atoms with E-state index in [-0.39, 0.29) is 0 Å². The molecule has 0 saturated heterocycles. The first-order valence-corrected chi connectivity index (χ1v) is 9.36. The van der Waals surface area contributed by atoms with Crippen molar-refractivity contribution in [2.24, 2.45) is 4.99 Å². The molecule has 130 valence electrons. The summed E-state index contributed by atoms with van der Waals surface area (Å²) in [5.41, 5.74) is 1.24. The van der Waals surface area contributed by atoms with Crippen molar-refractivity contribution < 1.29 is 5.11 Å². The van der Waals surface area contributed by atoms with E-state index in [1.807, 2.05) is 12.1 Å². The summed E-state index contributed by atoms with van der Waals surface area (Å²) in [6.07, 6.45) is 3.02. The van der Waals surface area contributed by atoms with Crippen molar-refractivity contribution in [2.45, 2.75) is 26.2 Å². The van der Waals surface area contributed by atoms with Crippen molar-refractivity contribution >= 4 is 17.3 Å². The average Bonchev–Trinajstić information content (AvgIpc) is 3.10. The predicted molar refractivity (Wildman–Crippen MR) is 103 cm³/mol. The molecule has 0 amide bonds. The third kappa shape index (κ3) is 6.24. The number of thiophene rings is 1. The SMILES string of the molecule is CCNC(=NCCCc1ccc(O)cc1)N(C)CCc1cccs1. The van der Waals surface area contributed by atoms with Gasteiger partial charge in [0, 0.05) is 31.6 Å². The molecule has 0 fully saturated rings. The van der Waals surface area contributed by atoms with Gasteiger partial charge in [-0.1, -0.05) is 18.2 Å². The van der Waals surface area contributed by atoms with Crippen LogP contribution >= 0.6 is 11.3 Å². The van der Waals surface area contributed by atoms with E-state index in [1.165, 1.54) is 10.4 Å². The number of benzene rings is 1. The number of hydrogen-bond donors (Lipinski definition) is 2. The third-order valence-corrected chi connectivity index (χ3v) is 4.73. The molecule has 0 saturated carbocycles. The summed E-state index contributed by atoms with van der Waals surface area (Å²) in [4.78, 5) is 8.34. The summed E-state index contributed by atoms with van der Waals surface area (Å²) >= 11 is 1.81. The van der Waals surface area contributed by atoms with Crippen LogP contribution in [0.15, 0.2) is 46.8 Å². The van der Waals surface area contributed by atoms with E-state index < -0.39 is 0 Å². The lowest BCUT2D eigenvalue weighted by molar-refractivity contribution is 0.475. The highest BCUT2D eigenvalue weighted by molar-refractivity contribution is 7.09. The molecule has 0 unspecified atom stereocenters. The molecule has 0 aliphatic rings. The number of phenols is 1. The van der Waals surface area contributed by atoms with Gasteiger partial charge in [-0.25, -0.2) is 0 Å². The lowest BCUT2D eigenvalue weighted by Crippen LogP contribution is -2.40. The van der Waals surface area contributed by atoms with Crippen LogP contribution < -0.4 is 5.32 Å². The van der Waals surface area contributed by atoms with E-state index in [0.717, 1.165) is 44.9 Å². The van der Waals surface area contributed by atoms with Crippen molar-refractivity contribution in [2.75, 3.05) is 26.7 Å². The Balaban J connectivity index is 1.79. The minimum Gasteiger partial charge on any atom is -0.508 e. The van der Waals surface area contributed by atoms with Gasteiger partial charge in [-0.2, -0.15) is 0 Å². The maximum Gasteiger partial charge on any atom is 0.193 e. The topological polar surface area (TPSA) is 47.9 Å². The first-order chi connectivity index (χ1) is 11.7.